The minimum absolute atomic E-state index is 0.119. The van der Waals surface area contributed by atoms with Crippen LogP contribution in [0.4, 0.5) is 0 Å². The number of Topliss-reactive ketones (excluding diaryl/α,β-unsaturated/α-hetero) is 1. The van der Waals surface area contributed by atoms with Crippen molar-refractivity contribution in [2.45, 2.75) is 38.5 Å². The van der Waals surface area contributed by atoms with Gasteiger partial charge in [0.05, 0.1) is 0 Å². The Balaban J connectivity index is 1.84. The van der Waals surface area contributed by atoms with Crippen molar-refractivity contribution in [3.8, 4) is 0 Å². The SMILES string of the molecule is O=C(CS(=O)(=O)Cl)C12CC3CC(CC(C3)C1)C2. The average Bonchev–Trinajstić information content (AvgIpc) is 2.12. The van der Waals surface area contributed by atoms with E-state index in [4.69, 9.17) is 10.7 Å². The van der Waals surface area contributed by atoms with E-state index in [1.54, 1.807) is 0 Å². The minimum Gasteiger partial charge on any atom is -0.298 e. The Morgan fingerprint density at radius 2 is 1.47 bits per heavy atom. The first-order chi connectivity index (χ1) is 7.86. The molecular formula is C12H17ClO3S. The monoisotopic (exact) mass is 276 g/mol. The lowest BCUT2D eigenvalue weighted by atomic mass is 9.48. The van der Waals surface area contributed by atoms with Gasteiger partial charge >= 0.3 is 0 Å². The molecule has 0 unspecified atom stereocenters. The van der Waals surface area contributed by atoms with Crippen LogP contribution in [0.25, 0.3) is 0 Å². The van der Waals surface area contributed by atoms with E-state index in [2.05, 4.69) is 0 Å². The molecule has 5 heteroatoms. The van der Waals surface area contributed by atoms with E-state index in [-0.39, 0.29) is 11.2 Å². The number of hydrogen-bond donors (Lipinski definition) is 0. The van der Waals surface area contributed by atoms with Gasteiger partial charge in [-0.25, -0.2) is 8.42 Å². The number of carbonyl (C=O) groups excluding carboxylic acids is 1. The van der Waals surface area contributed by atoms with Crippen LogP contribution in [0.2, 0.25) is 0 Å². The molecule has 0 aliphatic heterocycles. The highest BCUT2D eigenvalue weighted by Crippen LogP contribution is 2.60. The molecular weight excluding hydrogens is 260 g/mol. The van der Waals surface area contributed by atoms with Crippen LogP contribution in [-0.4, -0.2) is 20.0 Å². The quantitative estimate of drug-likeness (QED) is 0.744. The summed E-state index contributed by atoms with van der Waals surface area (Å²) < 4.78 is 22.2. The van der Waals surface area contributed by atoms with Crippen LogP contribution in [0.5, 0.6) is 0 Å². The van der Waals surface area contributed by atoms with Crippen molar-refractivity contribution in [1.82, 2.24) is 0 Å². The zero-order valence-corrected chi connectivity index (χ0v) is 11.3. The molecule has 0 aromatic rings. The molecule has 4 bridgehead atoms. The molecule has 0 N–H and O–H groups in total. The van der Waals surface area contributed by atoms with Gasteiger partial charge in [-0.15, -0.1) is 0 Å². The van der Waals surface area contributed by atoms with Crippen LogP contribution in [-0.2, 0) is 13.8 Å². The summed E-state index contributed by atoms with van der Waals surface area (Å²) in [6.45, 7) is 0. The summed E-state index contributed by atoms with van der Waals surface area (Å²) >= 11 is 0. The molecule has 4 fully saturated rings. The average molecular weight is 277 g/mol. The van der Waals surface area contributed by atoms with E-state index < -0.39 is 14.8 Å². The Bertz CT molecular complexity index is 419. The minimum atomic E-state index is -3.69. The molecule has 3 nitrogen and oxygen atoms in total. The molecule has 4 aliphatic carbocycles. The van der Waals surface area contributed by atoms with Crippen molar-refractivity contribution < 1.29 is 13.2 Å². The normalized spacial score (nSPS) is 43.9. The first-order valence-corrected chi connectivity index (χ1v) is 8.80. The van der Waals surface area contributed by atoms with Gasteiger partial charge in [-0.3, -0.25) is 4.79 Å². The van der Waals surface area contributed by atoms with Crippen molar-refractivity contribution in [1.29, 1.82) is 0 Å². The summed E-state index contributed by atoms with van der Waals surface area (Å²) in [6.07, 6.45) is 6.47. The van der Waals surface area contributed by atoms with Crippen LogP contribution in [0.3, 0.4) is 0 Å². The molecule has 4 rings (SSSR count). The van der Waals surface area contributed by atoms with E-state index in [1.807, 2.05) is 0 Å². The summed E-state index contributed by atoms with van der Waals surface area (Å²) in [6, 6.07) is 0. The van der Waals surface area contributed by atoms with Gasteiger partial charge in [0, 0.05) is 16.1 Å². The fourth-order valence-electron chi connectivity index (χ4n) is 4.76. The van der Waals surface area contributed by atoms with E-state index in [0.717, 1.165) is 19.3 Å². The van der Waals surface area contributed by atoms with E-state index in [1.165, 1.54) is 19.3 Å². The van der Waals surface area contributed by atoms with Crippen molar-refractivity contribution in [3.63, 3.8) is 0 Å². The Labute approximate surface area is 106 Å². The van der Waals surface area contributed by atoms with Crippen molar-refractivity contribution >= 4 is 25.5 Å². The largest absolute Gasteiger partial charge is 0.298 e. The topological polar surface area (TPSA) is 51.2 Å². The molecule has 0 amide bonds. The van der Waals surface area contributed by atoms with Gasteiger partial charge in [-0.1, -0.05) is 0 Å². The lowest BCUT2D eigenvalue weighted by Gasteiger charge is -2.55. The number of hydrogen-bond acceptors (Lipinski definition) is 3. The molecule has 0 aromatic heterocycles. The second kappa shape index (κ2) is 3.70. The predicted octanol–water partition coefficient (Wildman–Crippen LogP) is 2.34. The van der Waals surface area contributed by atoms with Crippen LogP contribution in [0.15, 0.2) is 0 Å². The number of rotatable bonds is 3. The van der Waals surface area contributed by atoms with Gasteiger partial charge in [0.25, 0.3) is 0 Å². The molecule has 0 atom stereocenters. The summed E-state index contributed by atoms with van der Waals surface area (Å²) in [5, 5.41) is 0. The maximum absolute atomic E-state index is 12.2. The second-order valence-corrected chi connectivity index (χ2v) is 9.08. The van der Waals surface area contributed by atoms with Crippen LogP contribution in [0, 0.1) is 23.2 Å². The molecule has 4 aliphatic rings. The zero-order chi connectivity index (χ0) is 12.3. The first-order valence-electron chi connectivity index (χ1n) is 6.32. The lowest BCUT2D eigenvalue weighted by molar-refractivity contribution is -0.141. The fraction of sp³-hybridized carbons (Fsp3) is 0.917. The van der Waals surface area contributed by atoms with Gasteiger partial charge in [-0.2, -0.15) is 0 Å². The van der Waals surface area contributed by atoms with Gasteiger partial charge in [-0.05, 0) is 56.3 Å². The highest BCUT2D eigenvalue weighted by Gasteiger charge is 2.54. The van der Waals surface area contributed by atoms with E-state index >= 15 is 0 Å². The summed E-state index contributed by atoms with van der Waals surface area (Å²) in [7, 11) is 1.53. The molecule has 0 heterocycles. The summed E-state index contributed by atoms with van der Waals surface area (Å²) in [4.78, 5) is 12.2. The third-order valence-electron chi connectivity index (χ3n) is 4.93. The fourth-order valence-corrected chi connectivity index (χ4v) is 5.68. The standard InChI is InChI=1S/C12H17ClO3S/c13-17(15,16)7-11(14)12-4-8-1-9(5-12)3-10(2-8)6-12/h8-10H,1-7H2. The molecule has 0 saturated heterocycles. The van der Waals surface area contributed by atoms with E-state index in [0.29, 0.717) is 17.8 Å². The van der Waals surface area contributed by atoms with Gasteiger partial charge in [0.1, 0.15) is 5.75 Å². The third kappa shape index (κ3) is 2.14. The Hall–Kier alpha value is -0.0900. The number of halogens is 1. The Kier molecular flexibility index (Phi) is 2.61. The molecule has 96 valence electrons. The molecule has 4 saturated carbocycles. The smallest absolute Gasteiger partial charge is 0.239 e. The molecule has 0 spiro atoms. The lowest BCUT2D eigenvalue weighted by Crippen LogP contribution is -2.51. The predicted molar refractivity (Wildman–Crippen MR) is 65.3 cm³/mol. The highest BCUT2D eigenvalue weighted by molar-refractivity contribution is 8.14. The number of carbonyl (C=O) groups is 1. The van der Waals surface area contributed by atoms with Crippen LogP contribution < -0.4 is 0 Å². The van der Waals surface area contributed by atoms with Crippen LogP contribution >= 0.6 is 10.7 Å². The second-order valence-electron chi connectivity index (χ2n) is 6.30. The maximum atomic E-state index is 12.2. The van der Waals surface area contributed by atoms with E-state index in [9.17, 15) is 13.2 Å². The third-order valence-corrected chi connectivity index (χ3v) is 5.87. The summed E-state index contributed by atoms with van der Waals surface area (Å²) in [5.74, 6) is 1.38. The molecule has 17 heavy (non-hydrogen) atoms. The highest BCUT2D eigenvalue weighted by atomic mass is 35.7. The van der Waals surface area contributed by atoms with Gasteiger partial charge in [0.2, 0.25) is 9.05 Å². The van der Waals surface area contributed by atoms with Gasteiger partial charge < -0.3 is 0 Å². The van der Waals surface area contributed by atoms with Crippen molar-refractivity contribution in [2.75, 3.05) is 5.75 Å². The van der Waals surface area contributed by atoms with Crippen LogP contribution in [0.1, 0.15) is 38.5 Å². The summed E-state index contributed by atoms with van der Waals surface area (Å²) in [5.41, 5.74) is -0.337. The Morgan fingerprint density at radius 1 is 1.06 bits per heavy atom. The van der Waals surface area contributed by atoms with Crippen molar-refractivity contribution in [3.05, 3.63) is 0 Å². The maximum Gasteiger partial charge on any atom is 0.239 e. The molecule has 0 aromatic carbocycles. The first kappa shape index (κ1) is 12.0. The van der Waals surface area contributed by atoms with Gasteiger partial charge in [0.15, 0.2) is 5.78 Å². The number of ketones is 1. The zero-order valence-electron chi connectivity index (χ0n) is 9.69. The Morgan fingerprint density at radius 3 is 1.82 bits per heavy atom. The van der Waals surface area contributed by atoms with Crippen molar-refractivity contribution in [2.24, 2.45) is 23.2 Å². The molecule has 0 radical (unpaired) electrons.